The van der Waals surface area contributed by atoms with Crippen molar-refractivity contribution in [3.8, 4) is 0 Å². The van der Waals surface area contributed by atoms with Crippen molar-refractivity contribution in [3.05, 3.63) is 0 Å². The molecule has 1 rings (SSSR count). The zero-order chi connectivity index (χ0) is 9.30. The lowest BCUT2D eigenvalue weighted by Gasteiger charge is -2.17. The predicted molar refractivity (Wildman–Crippen MR) is 39.1 cm³/mol. The topological polar surface area (TPSA) is 79.2 Å². The molecule has 1 aliphatic rings. The summed E-state index contributed by atoms with van der Waals surface area (Å²) in [5.74, 6) is 0. The first-order chi connectivity index (χ1) is 5.52. The molecule has 4 unspecified atom stereocenters. The van der Waals surface area contributed by atoms with Crippen molar-refractivity contribution in [1.82, 2.24) is 0 Å². The van der Waals surface area contributed by atoms with Crippen molar-refractivity contribution >= 4 is 0 Å². The van der Waals surface area contributed by atoms with Crippen molar-refractivity contribution in [3.63, 3.8) is 0 Å². The van der Waals surface area contributed by atoms with E-state index in [0.717, 1.165) is 0 Å². The van der Waals surface area contributed by atoms with E-state index in [1.165, 1.54) is 0 Å². The minimum atomic E-state index is -1.36. The molecule has 0 aromatic heterocycles. The molecule has 1 heterocycles. The Balaban J connectivity index is 2.47. The first kappa shape index (κ1) is 9.88. The minimum Gasteiger partial charge on any atom is -0.385 e. The molecule has 5 nitrogen and oxygen atoms in total. The van der Waals surface area contributed by atoms with E-state index in [4.69, 9.17) is 19.7 Å². The lowest BCUT2D eigenvalue weighted by molar-refractivity contribution is -0.217. The highest BCUT2D eigenvalue weighted by atomic mass is 16.8. The molecule has 0 radical (unpaired) electrons. The average Bonchev–Trinajstić information content (AvgIpc) is 2.17. The third kappa shape index (κ3) is 1.94. The van der Waals surface area contributed by atoms with E-state index in [2.05, 4.69) is 0 Å². The van der Waals surface area contributed by atoms with Gasteiger partial charge in [0.2, 0.25) is 0 Å². The van der Waals surface area contributed by atoms with Crippen LogP contribution in [0.25, 0.3) is 0 Å². The number of aliphatic hydroxyl groups excluding tert-OH is 3. The molecule has 1 fully saturated rings. The molecule has 72 valence electrons. The number of ether oxygens (including phenoxy) is 2. The van der Waals surface area contributed by atoms with E-state index in [9.17, 15) is 5.11 Å². The smallest absolute Gasteiger partial charge is 0.189 e. The molecule has 1 aliphatic heterocycles. The maximum atomic E-state index is 9.22. The van der Waals surface area contributed by atoms with Crippen LogP contribution in [0.5, 0.6) is 0 Å². The van der Waals surface area contributed by atoms with Crippen molar-refractivity contribution in [2.45, 2.75) is 44.7 Å². The molecule has 0 spiro atoms. The number of hydrogen-bond donors (Lipinski definition) is 3. The van der Waals surface area contributed by atoms with Crippen molar-refractivity contribution in [2.75, 3.05) is 0 Å². The normalized spacial score (nSPS) is 42.5. The quantitative estimate of drug-likeness (QED) is 0.495. The first-order valence-corrected chi connectivity index (χ1v) is 3.87. The van der Waals surface area contributed by atoms with E-state index in [1.807, 2.05) is 0 Å². The molecule has 0 saturated carbocycles. The Morgan fingerprint density at radius 1 is 1.17 bits per heavy atom. The van der Waals surface area contributed by atoms with Crippen LogP contribution in [0.3, 0.4) is 0 Å². The van der Waals surface area contributed by atoms with Crippen LogP contribution in [0.1, 0.15) is 13.8 Å². The van der Waals surface area contributed by atoms with E-state index in [1.54, 1.807) is 13.8 Å². The average molecular weight is 178 g/mol. The van der Waals surface area contributed by atoms with Gasteiger partial charge in [0.25, 0.3) is 0 Å². The number of hydrogen-bond acceptors (Lipinski definition) is 5. The Kier molecular flexibility index (Phi) is 3.03. The van der Waals surface area contributed by atoms with Gasteiger partial charge in [0, 0.05) is 0 Å². The third-order valence-corrected chi connectivity index (χ3v) is 1.60. The Labute approximate surface area is 70.5 Å². The van der Waals surface area contributed by atoms with Crippen molar-refractivity contribution < 1.29 is 24.8 Å². The molecule has 0 aliphatic carbocycles. The Morgan fingerprint density at radius 3 is 2.08 bits per heavy atom. The third-order valence-electron chi connectivity index (χ3n) is 1.60. The second-order valence-corrected chi connectivity index (χ2v) is 3.06. The molecule has 0 amide bonds. The van der Waals surface area contributed by atoms with Gasteiger partial charge < -0.3 is 24.8 Å². The monoisotopic (exact) mass is 178 g/mol. The van der Waals surface area contributed by atoms with Gasteiger partial charge in [0.05, 0.1) is 6.10 Å². The summed E-state index contributed by atoms with van der Waals surface area (Å²) in [4.78, 5) is 0. The summed E-state index contributed by atoms with van der Waals surface area (Å²) >= 11 is 0. The van der Waals surface area contributed by atoms with E-state index < -0.39 is 24.8 Å². The van der Waals surface area contributed by atoms with Crippen LogP contribution in [0.2, 0.25) is 0 Å². The van der Waals surface area contributed by atoms with Gasteiger partial charge in [-0.25, -0.2) is 0 Å². The molecular weight excluding hydrogens is 164 g/mol. The number of aliphatic hydroxyl groups is 3. The van der Waals surface area contributed by atoms with Gasteiger partial charge in [-0.05, 0) is 13.8 Å². The van der Waals surface area contributed by atoms with Gasteiger partial charge in [-0.2, -0.15) is 0 Å². The largest absolute Gasteiger partial charge is 0.385 e. The molecule has 0 bridgehead atoms. The molecule has 5 heteroatoms. The molecular formula is C7H14O5. The van der Waals surface area contributed by atoms with Crippen LogP contribution in [-0.2, 0) is 9.47 Å². The second-order valence-electron chi connectivity index (χ2n) is 3.06. The van der Waals surface area contributed by atoms with Crippen LogP contribution < -0.4 is 0 Å². The fourth-order valence-electron chi connectivity index (χ4n) is 1.01. The van der Waals surface area contributed by atoms with Crippen molar-refractivity contribution in [2.24, 2.45) is 0 Å². The summed E-state index contributed by atoms with van der Waals surface area (Å²) in [7, 11) is 0. The van der Waals surface area contributed by atoms with Gasteiger partial charge >= 0.3 is 0 Å². The maximum absolute atomic E-state index is 9.22. The Morgan fingerprint density at radius 2 is 1.75 bits per heavy atom. The summed E-state index contributed by atoms with van der Waals surface area (Å²) < 4.78 is 9.80. The van der Waals surface area contributed by atoms with Crippen LogP contribution in [0.4, 0.5) is 0 Å². The Hall–Kier alpha value is -0.200. The zero-order valence-electron chi connectivity index (χ0n) is 7.04. The van der Waals surface area contributed by atoms with Gasteiger partial charge in [-0.15, -0.1) is 0 Å². The highest BCUT2D eigenvalue weighted by Gasteiger charge is 2.42. The lowest BCUT2D eigenvalue weighted by Crippen LogP contribution is -2.34. The van der Waals surface area contributed by atoms with Crippen LogP contribution in [0.15, 0.2) is 0 Å². The minimum absolute atomic E-state index is 0.123. The molecule has 1 saturated heterocycles. The second kappa shape index (κ2) is 3.68. The van der Waals surface area contributed by atoms with E-state index >= 15 is 0 Å². The molecule has 0 aromatic carbocycles. The standard InChI is InChI=1S/C7H14O5/c1-3(2)11-7-5(9)4(8)6(10)12-7/h3-10H,1-2H3. The zero-order valence-corrected chi connectivity index (χ0v) is 7.04. The van der Waals surface area contributed by atoms with Crippen LogP contribution in [0, 0.1) is 0 Å². The fourth-order valence-corrected chi connectivity index (χ4v) is 1.01. The summed E-state index contributed by atoms with van der Waals surface area (Å²) in [5.41, 5.74) is 0. The van der Waals surface area contributed by atoms with Gasteiger partial charge in [0.1, 0.15) is 12.2 Å². The summed E-state index contributed by atoms with van der Waals surface area (Å²) in [6.45, 7) is 3.54. The SMILES string of the molecule is CC(C)OC1OC(O)C(O)C1O. The van der Waals surface area contributed by atoms with Crippen molar-refractivity contribution in [1.29, 1.82) is 0 Å². The highest BCUT2D eigenvalue weighted by molar-refractivity contribution is 4.80. The summed E-state index contributed by atoms with van der Waals surface area (Å²) in [6, 6.07) is 0. The van der Waals surface area contributed by atoms with Crippen LogP contribution >= 0.6 is 0 Å². The highest BCUT2D eigenvalue weighted by Crippen LogP contribution is 2.21. The molecule has 12 heavy (non-hydrogen) atoms. The number of rotatable bonds is 2. The van der Waals surface area contributed by atoms with E-state index in [0.29, 0.717) is 0 Å². The molecule has 4 atom stereocenters. The van der Waals surface area contributed by atoms with Crippen LogP contribution in [-0.4, -0.2) is 46.2 Å². The molecule has 0 aromatic rings. The van der Waals surface area contributed by atoms with Gasteiger partial charge in [0.15, 0.2) is 12.6 Å². The Bertz CT molecular complexity index is 147. The maximum Gasteiger partial charge on any atom is 0.189 e. The van der Waals surface area contributed by atoms with E-state index in [-0.39, 0.29) is 6.10 Å². The summed E-state index contributed by atoms with van der Waals surface area (Å²) in [6.07, 6.45) is -4.88. The molecule has 3 N–H and O–H groups in total. The summed E-state index contributed by atoms with van der Waals surface area (Å²) in [5, 5.41) is 27.2. The first-order valence-electron chi connectivity index (χ1n) is 3.87. The van der Waals surface area contributed by atoms with Gasteiger partial charge in [-0.1, -0.05) is 0 Å². The van der Waals surface area contributed by atoms with Gasteiger partial charge in [-0.3, -0.25) is 0 Å². The lowest BCUT2D eigenvalue weighted by atomic mass is 10.2. The predicted octanol–water partition coefficient (Wildman–Crippen LogP) is -1.19. The fraction of sp³-hybridized carbons (Fsp3) is 1.00.